The zero-order chi connectivity index (χ0) is 21.4. The average molecular weight is 401 g/mol. The van der Waals surface area contributed by atoms with Crippen LogP contribution in [0.4, 0.5) is 0 Å². The van der Waals surface area contributed by atoms with E-state index in [0.29, 0.717) is 25.7 Å². The molecule has 2 saturated carbocycles. The molecule has 2 fully saturated rings. The molecule has 0 spiro atoms. The van der Waals surface area contributed by atoms with Gasteiger partial charge in [0.25, 0.3) is 0 Å². The first-order valence-corrected chi connectivity index (χ1v) is 10.8. The highest BCUT2D eigenvalue weighted by Gasteiger charge is 2.68. The molecule has 0 bridgehead atoms. The standard InChI is InChI=1S/C24H32O5/c1-13-9-16-17-6-8-24(29,20(28)10-14(2)25)23(17,4)12-19(27)21(16)22(3)7-5-15(26)11-18(13)22/h9,11,16-17,19,21,27,29H,5-8,10,12H2,1-4H3/t16-,17-,19-,21+,22-,23-,24-/m0/s1. The highest BCUT2D eigenvalue weighted by Crippen LogP contribution is 2.67. The number of aliphatic hydroxyl groups is 2. The van der Waals surface area contributed by atoms with Gasteiger partial charge < -0.3 is 10.2 Å². The Morgan fingerprint density at radius 3 is 2.59 bits per heavy atom. The molecule has 0 aromatic carbocycles. The van der Waals surface area contributed by atoms with Gasteiger partial charge in [-0.25, -0.2) is 0 Å². The molecule has 0 radical (unpaired) electrons. The first-order valence-electron chi connectivity index (χ1n) is 10.8. The molecule has 0 saturated heterocycles. The minimum atomic E-state index is -1.57. The summed E-state index contributed by atoms with van der Waals surface area (Å²) in [5.41, 5.74) is -0.500. The van der Waals surface area contributed by atoms with Gasteiger partial charge in [-0.15, -0.1) is 0 Å². The average Bonchev–Trinajstić information content (AvgIpc) is 2.88. The van der Waals surface area contributed by atoms with Crippen LogP contribution in [0, 0.1) is 28.6 Å². The van der Waals surface area contributed by atoms with Crippen LogP contribution in [0.2, 0.25) is 0 Å². The Bertz CT molecular complexity index is 853. The van der Waals surface area contributed by atoms with Gasteiger partial charge in [0.05, 0.1) is 12.5 Å². The van der Waals surface area contributed by atoms with Gasteiger partial charge in [0, 0.05) is 17.8 Å². The van der Waals surface area contributed by atoms with Gasteiger partial charge in [-0.05, 0) is 68.4 Å². The predicted octanol–water partition coefficient (Wildman–Crippen LogP) is 2.93. The van der Waals surface area contributed by atoms with Crippen LogP contribution >= 0.6 is 0 Å². The number of carbonyl (C=O) groups excluding carboxylic acids is 3. The Kier molecular flexibility index (Phi) is 4.60. The maximum Gasteiger partial charge on any atom is 0.172 e. The molecule has 4 aliphatic carbocycles. The molecule has 158 valence electrons. The molecule has 0 aromatic rings. The maximum atomic E-state index is 12.9. The SMILES string of the molecule is CC(=O)CC(=O)[C@@]1(O)CC[C@H]2[C@@H]3C=C(C)C4=CC(=O)CC[C@]4(C)[C@H]3[C@@H](O)C[C@@]21C. The van der Waals surface area contributed by atoms with Crippen LogP contribution in [0.15, 0.2) is 23.3 Å². The minimum Gasteiger partial charge on any atom is -0.393 e. The molecule has 0 unspecified atom stereocenters. The summed E-state index contributed by atoms with van der Waals surface area (Å²) in [6.45, 7) is 7.48. The van der Waals surface area contributed by atoms with Gasteiger partial charge in [0.1, 0.15) is 11.4 Å². The Morgan fingerprint density at radius 2 is 1.93 bits per heavy atom. The monoisotopic (exact) mass is 400 g/mol. The van der Waals surface area contributed by atoms with Crippen molar-refractivity contribution in [2.24, 2.45) is 28.6 Å². The summed E-state index contributed by atoms with van der Waals surface area (Å²) in [6, 6.07) is 0. The fourth-order valence-corrected chi connectivity index (χ4v) is 7.38. The number of hydrogen-bond donors (Lipinski definition) is 2. The number of hydrogen-bond acceptors (Lipinski definition) is 5. The van der Waals surface area contributed by atoms with E-state index >= 15 is 0 Å². The van der Waals surface area contributed by atoms with Crippen LogP contribution in [0.1, 0.15) is 66.2 Å². The van der Waals surface area contributed by atoms with Crippen LogP contribution in [0.3, 0.4) is 0 Å². The van der Waals surface area contributed by atoms with Crippen molar-refractivity contribution in [1.82, 2.24) is 0 Å². The van der Waals surface area contributed by atoms with E-state index in [4.69, 9.17) is 0 Å². The van der Waals surface area contributed by atoms with Crippen molar-refractivity contribution in [2.45, 2.75) is 77.9 Å². The van der Waals surface area contributed by atoms with E-state index in [9.17, 15) is 24.6 Å². The number of Topliss-reactive ketones (excluding diaryl/α,β-unsaturated/α-hetero) is 2. The molecule has 4 rings (SSSR count). The summed E-state index contributed by atoms with van der Waals surface area (Å²) in [6.07, 6.45) is 5.57. The fourth-order valence-electron chi connectivity index (χ4n) is 7.38. The lowest BCUT2D eigenvalue weighted by Gasteiger charge is -2.59. The van der Waals surface area contributed by atoms with Crippen molar-refractivity contribution in [3.05, 3.63) is 23.3 Å². The second-order valence-electron chi connectivity index (χ2n) is 10.4. The summed E-state index contributed by atoms with van der Waals surface area (Å²) in [7, 11) is 0. The smallest absolute Gasteiger partial charge is 0.172 e. The summed E-state index contributed by atoms with van der Waals surface area (Å²) >= 11 is 0. The molecule has 0 aliphatic heterocycles. The van der Waals surface area contributed by atoms with E-state index < -0.39 is 22.9 Å². The van der Waals surface area contributed by atoms with Crippen LogP contribution in [0.5, 0.6) is 0 Å². The number of fused-ring (bicyclic) bond motifs is 5. The Hall–Kier alpha value is -1.59. The molecule has 5 nitrogen and oxygen atoms in total. The molecule has 0 heterocycles. The molecular formula is C24H32O5. The third kappa shape index (κ3) is 2.70. The highest BCUT2D eigenvalue weighted by molar-refractivity contribution is 6.02. The summed E-state index contributed by atoms with van der Waals surface area (Å²) in [5, 5.41) is 22.8. The number of ketones is 3. The molecule has 5 heteroatoms. The van der Waals surface area contributed by atoms with Gasteiger partial charge >= 0.3 is 0 Å². The summed E-state index contributed by atoms with van der Waals surface area (Å²) in [5.74, 6) is -0.446. The molecule has 0 aromatic heterocycles. The van der Waals surface area contributed by atoms with Gasteiger partial charge in [-0.3, -0.25) is 14.4 Å². The van der Waals surface area contributed by atoms with E-state index in [-0.39, 0.29) is 41.2 Å². The molecule has 29 heavy (non-hydrogen) atoms. The number of rotatable bonds is 3. The number of allylic oxidation sites excluding steroid dienone is 4. The lowest BCUT2D eigenvalue weighted by molar-refractivity contribution is -0.173. The lowest BCUT2D eigenvalue weighted by atomic mass is 9.46. The van der Waals surface area contributed by atoms with Crippen molar-refractivity contribution in [3.63, 3.8) is 0 Å². The molecule has 7 atom stereocenters. The molecular weight excluding hydrogens is 368 g/mol. The third-order valence-corrected chi connectivity index (χ3v) is 8.79. The van der Waals surface area contributed by atoms with Gasteiger partial charge in [-0.1, -0.05) is 25.5 Å². The maximum absolute atomic E-state index is 12.9. The Balaban J connectivity index is 1.78. The summed E-state index contributed by atoms with van der Waals surface area (Å²) < 4.78 is 0. The summed E-state index contributed by atoms with van der Waals surface area (Å²) in [4.78, 5) is 36.5. The quantitative estimate of drug-likeness (QED) is 0.711. The first kappa shape index (κ1) is 20.7. The predicted molar refractivity (Wildman–Crippen MR) is 108 cm³/mol. The fraction of sp³-hybridized carbons (Fsp3) is 0.708. The van der Waals surface area contributed by atoms with E-state index in [1.165, 1.54) is 6.92 Å². The molecule has 0 amide bonds. The van der Waals surface area contributed by atoms with Crippen molar-refractivity contribution in [3.8, 4) is 0 Å². The second-order valence-corrected chi connectivity index (χ2v) is 10.4. The molecule has 2 N–H and O–H groups in total. The van der Waals surface area contributed by atoms with Crippen LogP contribution < -0.4 is 0 Å². The minimum absolute atomic E-state index is 0.0334. The van der Waals surface area contributed by atoms with Crippen LogP contribution in [0.25, 0.3) is 0 Å². The Morgan fingerprint density at radius 1 is 1.24 bits per heavy atom. The zero-order valence-corrected chi connectivity index (χ0v) is 17.8. The van der Waals surface area contributed by atoms with E-state index in [1.54, 1.807) is 6.08 Å². The van der Waals surface area contributed by atoms with Gasteiger partial charge in [0.2, 0.25) is 0 Å². The normalized spacial score (nSPS) is 46.2. The van der Waals surface area contributed by atoms with E-state index in [0.717, 1.165) is 17.6 Å². The van der Waals surface area contributed by atoms with Crippen molar-refractivity contribution in [2.75, 3.05) is 0 Å². The van der Waals surface area contributed by atoms with Crippen LogP contribution in [-0.2, 0) is 14.4 Å². The van der Waals surface area contributed by atoms with Crippen molar-refractivity contribution >= 4 is 17.3 Å². The number of aliphatic hydroxyl groups excluding tert-OH is 1. The van der Waals surface area contributed by atoms with E-state index in [1.807, 2.05) is 13.8 Å². The largest absolute Gasteiger partial charge is 0.393 e. The van der Waals surface area contributed by atoms with Crippen molar-refractivity contribution in [1.29, 1.82) is 0 Å². The molecule has 4 aliphatic rings. The zero-order valence-electron chi connectivity index (χ0n) is 17.8. The van der Waals surface area contributed by atoms with Crippen molar-refractivity contribution < 1.29 is 24.6 Å². The second kappa shape index (κ2) is 6.45. The van der Waals surface area contributed by atoms with Gasteiger partial charge in [-0.2, -0.15) is 0 Å². The Labute approximate surface area is 172 Å². The highest BCUT2D eigenvalue weighted by atomic mass is 16.3. The number of carbonyl (C=O) groups is 3. The van der Waals surface area contributed by atoms with E-state index in [2.05, 4.69) is 13.0 Å². The van der Waals surface area contributed by atoms with Gasteiger partial charge in [0.15, 0.2) is 11.6 Å². The van der Waals surface area contributed by atoms with Crippen LogP contribution in [-0.4, -0.2) is 39.3 Å². The third-order valence-electron chi connectivity index (χ3n) is 8.79. The lowest BCUT2D eigenvalue weighted by Crippen LogP contribution is -2.61. The topological polar surface area (TPSA) is 91.7 Å². The first-order chi connectivity index (χ1) is 13.4.